The fraction of sp³-hybridized carbons (Fsp3) is 0.500. The van der Waals surface area contributed by atoms with E-state index in [0.717, 1.165) is 25.9 Å². The van der Waals surface area contributed by atoms with E-state index in [0.29, 0.717) is 4.90 Å². The summed E-state index contributed by atoms with van der Waals surface area (Å²) in [5.41, 5.74) is 0. The van der Waals surface area contributed by atoms with Crippen LogP contribution in [-0.2, 0) is 10.0 Å². The predicted molar refractivity (Wildman–Crippen MR) is 67.3 cm³/mol. The Balaban J connectivity index is 2.03. The lowest BCUT2D eigenvalue weighted by molar-refractivity contribution is 0.248. The first kappa shape index (κ1) is 12.5. The minimum atomic E-state index is -3.35. The van der Waals surface area contributed by atoms with Crippen molar-refractivity contribution in [1.82, 2.24) is 9.62 Å². The first-order valence-corrected chi connectivity index (χ1v) is 7.32. The van der Waals surface area contributed by atoms with Crippen molar-refractivity contribution in [3.63, 3.8) is 0 Å². The molecule has 1 aromatic rings. The Morgan fingerprint density at radius 2 is 1.76 bits per heavy atom. The summed E-state index contributed by atoms with van der Waals surface area (Å²) >= 11 is 0. The molecule has 0 spiro atoms. The van der Waals surface area contributed by atoms with Crippen LogP contribution in [0.15, 0.2) is 35.2 Å². The molecule has 0 unspecified atom stereocenters. The Labute approximate surface area is 103 Å². The summed E-state index contributed by atoms with van der Waals surface area (Å²) in [4.78, 5) is 2.56. The highest BCUT2D eigenvalue weighted by atomic mass is 32.2. The van der Waals surface area contributed by atoms with Crippen LogP contribution in [0.4, 0.5) is 0 Å². The van der Waals surface area contributed by atoms with E-state index in [1.165, 1.54) is 0 Å². The van der Waals surface area contributed by atoms with Crippen LogP contribution in [0.1, 0.15) is 12.8 Å². The first-order chi connectivity index (χ1) is 8.08. The molecule has 1 N–H and O–H groups in total. The van der Waals surface area contributed by atoms with E-state index in [1.807, 2.05) is 6.07 Å². The van der Waals surface area contributed by atoms with Gasteiger partial charge in [-0.2, -0.15) is 0 Å². The molecule has 0 aromatic heterocycles. The summed E-state index contributed by atoms with van der Waals surface area (Å²) in [7, 11) is -1.29. The number of hydrogen-bond donors (Lipinski definition) is 1. The Hall–Kier alpha value is -0.910. The van der Waals surface area contributed by atoms with Gasteiger partial charge in [-0.1, -0.05) is 18.2 Å². The van der Waals surface area contributed by atoms with Crippen LogP contribution in [0.5, 0.6) is 0 Å². The van der Waals surface area contributed by atoms with Gasteiger partial charge in [0.25, 0.3) is 0 Å². The van der Waals surface area contributed by atoms with Crippen LogP contribution < -0.4 is 4.72 Å². The van der Waals surface area contributed by atoms with Crippen LogP contribution in [0.2, 0.25) is 0 Å². The molecule has 1 heterocycles. The Bertz CT molecular complexity index is 451. The molecule has 1 aliphatic heterocycles. The van der Waals surface area contributed by atoms with Gasteiger partial charge < -0.3 is 4.90 Å². The predicted octanol–water partition coefficient (Wildman–Crippen LogP) is 1.06. The van der Waals surface area contributed by atoms with Gasteiger partial charge in [0.05, 0.1) is 4.90 Å². The zero-order valence-corrected chi connectivity index (χ0v) is 10.8. The molecule has 0 atom stereocenters. The van der Waals surface area contributed by atoms with Gasteiger partial charge in [-0.3, -0.25) is 0 Å². The van der Waals surface area contributed by atoms with Gasteiger partial charge in [0.2, 0.25) is 10.0 Å². The number of piperidine rings is 1. The highest BCUT2D eigenvalue weighted by molar-refractivity contribution is 7.89. The third-order valence-electron chi connectivity index (χ3n) is 3.09. The molecule has 1 aliphatic rings. The van der Waals surface area contributed by atoms with Crippen molar-refractivity contribution in [1.29, 1.82) is 0 Å². The molecule has 2 rings (SSSR count). The average molecular weight is 254 g/mol. The number of rotatable bonds is 3. The van der Waals surface area contributed by atoms with Gasteiger partial charge in [0, 0.05) is 6.04 Å². The molecule has 94 valence electrons. The number of benzene rings is 1. The van der Waals surface area contributed by atoms with E-state index >= 15 is 0 Å². The second kappa shape index (κ2) is 5.16. The summed E-state index contributed by atoms with van der Waals surface area (Å²) < 4.78 is 26.9. The van der Waals surface area contributed by atoms with Gasteiger partial charge in [0.1, 0.15) is 0 Å². The summed E-state index contributed by atoms with van der Waals surface area (Å²) in [6, 6.07) is 8.60. The largest absolute Gasteiger partial charge is 0.306 e. The summed E-state index contributed by atoms with van der Waals surface area (Å²) in [5, 5.41) is 0. The van der Waals surface area contributed by atoms with Crippen LogP contribution in [-0.4, -0.2) is 39.5 Å². The maximum atomic E-state index is 12.1. The lowest BCUT2D eigenvalue weighted by Crippen LogP contribution is -2.43. The lowest BCUT2D eigenvalue weighted by atomic mass is 10.1. The zero-order chi connectivity index (χ0) is 12.3. The molecule has 0 saturated carbocycles. The lowest BCUT2D eigenvalue weighted by Gasteiger charge is -2.29. The summed E-state index contributed by atoms with van der Waals surface area (Å²) in [5.74, 6) is 0. The number of nitrogens with one attached hydrogen (secondary N) is 1. The molecule has 1 fully saturated rings. The maximum Gasteiger partial charge on any atom is 0.240 e. The van der Waals surface area contributed by atoms with Gasteiger partial charge in [-0.15, -0.1) is 0 Å². The average Bonchev–Trinajstić information content (AvgIpc) is 2.33. The van der Waals surface area contributed by atoms with Crippen molar-refractivity contribution in [2.45, 2.75) is 23.8 Å². The molecular formula is C12H18N2O2S. The molecule has 1 aromatic carbocycles. The van der Waals surface area contributed by atoms with Gasteiger partial charge >= 0.3 is 0 Å². The third kappa shape index (κ3) is 3.28. The highest BCUT2D eigenvalue weighted by Crippen LogP contribution is 2.13. The van der Waals surface area contributed by atoms with Gasteiger partial charge in [0.15, 0.2) is 0 Å². The van der Waals surface area contributed by atoms with E-state index in [1.54, 1.807) is 24.3 Å². The standard InChI is InChI=1S/C12H18N2O2S/c1-14-9-7-11(8-10-14)13-17(15,16)12-5-3-2-4-6-12/h2-6,11,13H,7-10H2,1H3. The van der Waals surface area contributed by atoms with E-state index in [2.05, 4.69) is 16.7 Å². The van der Waals surface area contributed by atoms with Crippen molar-refractivity contribution in [2.75, 3.05) is 20.1 Å². The first-order valence-electron chi connectivity index (χ1n) is 5.84. The molecule has 0 radical (unpaired) electrons. The van der Waals surface area contributed by atoms with Crippen molar-refractivity contribution < 1.29 is 8.42 Å². The second-order valence-corrected chi connectivity index (χ2v) is 6.23. The maximum absolute atomic E-state index is 12.1. The van der Waals surface area contributed by atoms with Crippen LogP contribution in [0.25, 0.3) is 0 Å². The minimum Gasteiger partial charge on any atom is -0.306 e. The monoisotopic (exact) mass is 254 g/mol. The Morgan fingerprint density at radius 3 is 2.35 bits per heavy atom. The molecule has 0 aliphatic carbocycles. The number of likely N-dealkylation sites (tertiary alicyclic amines) is 1. The number of sulfonamides is 1. The van der Waals surface area contributed by atoms with Crippen LogP contribution in [0, 0.1) is 0 Å². The number of nitrogens with zero attached hydrogens (tertiary/aromatic N) is 1. The normalized spacial score (nSPS) is 19.4. The smallest absolute Gasteiger partial charge is 0.240 e. The SMILES string of the molecule is CN1CCC(NS(=O)(=O)c2ccccc2)CC1. The molecule has 1 saturated heterocycles. The van der Waals surface area contributed by atoms with Crippen molar-refractivity contribution in [2.24, 2.45) is 0 Å². The van der Waals surface area contributed by atoms with E-state index in [9.17, 15) is 8.42 Å². The summed E-state index contributed by atoms with van der Waals surface area (Å²) in [6.07, 6.45) is 1.76. The van der Waals surface area contributed by atoms with Crippen molar-refractivity contribution in [3.05, 3.63) is 30.3 Å². The van der Waals surface area contributed by atoms with Gasteiger partial charge in [-0.25, -0.2) is 13.1 Å². The zero-order valence-electron chi connectivity index (χ0n) is 9.96. The fourth-order valence-corrected chi connectivity index (χ4v) is 3.34. The number of hydrogen-bond acceptors (Lipinski definition) is 3. The minimum absolute atomic E-state index is 0.0661. The quantitative estimate of drug-likeness (QED) is 0.877. The molecule has 0 bridgehead atoms. The van der Waals surface area contributed by atoms with E-state index in [-0.39, 0.29) is 6.04 Å². The fourth-order valence-electron chi connectivity index (χ4n) is 2.01. The Morgan fingerprint density at radius 1 is 1.18 bits per heavy atom. The topological polar surface area (TPSA) is 49.4 Å². The highest BCUT2D eigenvalue weighted by Gasteiger charge is 2.22. The van der Waals surface area contributed by atoms with Gasteiger partial charge in [-0.05, 0) is 45.1 Å². The molecule has 4 nitrogen and oxygen atoms in total. The molecule has 5 heteroatoms. The Kier molecular flexibility index (Phi) is 3.81. The van der Waals surface area contributed by atoms with Crippen molar-refractivity contribution in [3.8, 4) is 0 Å². The van der Waals surface area contributed by atoms with Crippen LogP contribution >= 0.6 is 0 Å². The molecule has 0 amide bonds. The summed E-state index contributed by atoms with van der Waals surface area (Å²) in [6.45, 7) is 1.89. The molecule has 17 heavy (non-hydrogen) atoms. The second-order valence-electron chi connectivity index (χ2n) is 4.51. The molecular weight excluding hydrogens is 236 g/mol. The third-order valence-corrected chi connectivity index (χ3v) is 4.63. The van der Waals surface area contributed by atoms with Crippen LogP contribution in [0.3, 0.4) is 0 Å². The van der Waals surface area contributed by atoms with Crippen molar-refractivity contribution >= 4 is 10.0 Å². The van der Waals surface area contributed by atoms with E-state index in [4.69, 9.17) is 0 Å². The van der Waals surface area contributed by atoms with E-state index < -0.39 is 10.0 Å².